The number of ether oxygens (including phenoxy) is 2. The summed E-state index contributed by atoms with van der Waals surface area (Å²) in [6, 6.07) is 7.99. The fraction of sp³-hybridized carbons (Fsp3) is 0.333. The summed E-state index contributed by atoms with van der Waals surface area (Å²) in [5, 5.41) is 16.4. The third kappa shape index (κ3) is 4.41. The molecule has 1 aromatic carbocycles. The van der Waals surface area contributed by atoms with Crippen molar-refractivity contribution >= 4 is 50.6 Å². The number of carboxylic acid groups (broad SMARTS) is 1. The SMILES string of the molecule is CC(C)(C)OC(=O)n1nc(-c2cc3ccc(C(=O)O)cc3n2C(=O)OC(C)(C)C)c2sccc21. The zero-order valence-corrected chi connectivity index (χ0v) is 20.5. The molecule has 10 heteroatoms. The van der Waals surface area contributed by atoms with Crippen LogP contribution in [0.15, 0.2) is 35.7 Å². The van der Waals surface area contributed by atoms with Gasteiger partial charge in [0, 0.05) is 5.39 Å². The Morgan fingerprint density at radius 2 is 1.56 bits per heavy atom. The molecule has 0 aliphatic rings. The number of aromatic nitrogens is 3. The molecule has 178 valence electrons. The van der Waals surface area contributed by atoms with Crippen LogP contribution in [0.5, 0.6) is 0 Å². The molecule has 0 spiro atoms. The summed E-state index contributed by atoms with van der Waals surface area (Å²) in [7, 11) is 0. The lowest BCUT2D eigenvalue weighted by Gasteiger charge is -2.20. The van der Waals surface area contributed by atoms with Gasteiger partial charge in [-0.15, -0.1) is 11.3 Å². The number of carboxylic acids is 1. The first-order chi connectivity index (χ1) is 15.7. The van der Waals surface area contributed by atoms with Crippen LogP contribution in [0.25, 0.3) is 32.5 Å². The van der Waals surface area contributed by atoms with Crippen LogP contribution in [0.2, 0.25) is 0 Å². The number of carbonyl (C=O) groups is 3. The van der Waals surface area contributed by atoms with Crippen LogP contribution in [0.3, 0.4) is 0 Å². The van der Waals surface area contributed by atoms with Gasteiger partial charge in [0.05, 0.1) is 27.0 Å². The number of carbonyl (C=O) groups excluding carboxylic acids is 2. The lowest BCUT2D eigenvalue weighted by molar-refractivity contribution is 0.0520. The van der Waals surface area contributed by atoms with Crippen LogP contribution >= 0.6 is 11.3 Å². The summed E-state index contributed by atoms with van der Waals surface area (Å²) in [5.74, 6) is -1.12. The van der Waals surface area contributed by atoms with Crippen molar-refractivity contribution in [2.45, 2.75) is 52.7 Å². The van der Waals surface area contributed by atoms with E-state index in [1.807, 2.05) is 5.38 Å². The summed E-state index contributed by atoms with van der Waals surface area (Å²) in [4.78, 5) is 37.7. The van der Waals surface area contributed by atoms with E-state index in [0.717, 1.165) is 0 Å². The Balaban J connectivity index is 1.97. The van der Waals surface area contributed by atoms with E-state index in [9.17, 15) is 19.5 Å². The fourth-order valence-corrected chi connectivity index (χ4v) is 4.34. The van der Waals surface area contributed by atoms with E-state index < -0.39 is 29.4 Å². The second-order valence-electron chi connectivity index (χ2n) is 9.80. The minimum atomic E-state index is -1.12. The van der Waals surface area contributed by atoms with E-state index in [0.29, 0.717) is 32.5 Å². The zero-order chi connectivity index (χ0) is 25.0. The predicted octanol–water partition coefficient (Wildman–Crippen LogP) is 5.98. The smallest absolute Gasteiger partial charge is 0.435 e. The van der Waals surface area contributed by atoms with Gasteiger partial charge in [-0.2, -0.15) is 9.78 Å². The zero-order valence-electron chi connectivity index (χ0n) is 19.7. The molecule has 0 amide bonds. The van der Waals surface area contributed by atoms with E-state index in [1.54, 1.807) is 59.7 Å². The molecular weight excluding hydrogens is 458 g/mol. The molecule has 0 aliphatic carbocycles. The van der Waals surface area contributed by atoms with Gasteiger partial charge in [-0.25, -0.2) is 19.0 Å². The Morgan fingerprint density at radius 3 is 2.18 bits per heavy atom. The number of benzene rings is 1. The van der Waals surface area contributed by atoms with Crippen LogP contribution in [-0.4, -0.2) is 48.8 Å². The van der Waals surface area contributed by atoms with E-state index in [1.165, 1.54) is 32.7 Å². The van der Waals surface area contributed by atoms with Crippen LogP contribution < -0.4 is 0 Å². The van der Waals surface area contributed by atoms with E-state index in [4.69, 9.17) is 9.47 Å². The molecule has 34 heavy (non-hydrogen) atoms. The second-order valence-corrected chi connectivity index (χ2v) is 10.7. The molecule has 0 fully saturated rings. The predicted molar refractivity (Wildman–Crippen MR) is 129 cm³/mol. The number of thiophene rings is 1. The number of fused-ring (bicyclic) bond motifs is 2. The van der Waals surface area contributed by atoms with Gasteiger partial charge in [0.15, 0.2) is 0 Å². The van der Waals surface area contributed by atoms with E-state index in [2.05, 4.69) is 5.10 Å². The molecule has 4 aromatic rings. The van der Waals surface area contributed by atoms with Crippen molar-refractivity contribution in [2.24, 2.45) is 0 Å². The van der Waals surface area contributed by atoms with Gasteiger partial charge in [0.1, 0.15) is 16.9 Å². The fourth-order valence-electron chi connectivity index (χ4n) is 3.47. The maximum absolute atomic E-state index is 13.3. The van der Waals surface area contributed by atoms with Gasteiger partial charge in [0.25, 0.3) is 0 Å². The number of rotatable bonds is 2. The Bertz CT molecular complexity index is 1450. The number of hydrogen-bond acceptors (Lipinski definition) is 7. The van der Waals surface area contributed by atoms with Crippen LogP contribution in [-0.2, 0) is 9.47 Å². The molecule has 0 saturated carbocycles. The first kappa shape index (κ1) is 23.5. The first-order valence-electron chi connectivity index (χ1n) is 10.6. The van der Waals surface area contributed by atoms with Crippen LogP contribution in [0.1, 0.15) is 51.9 Å². The highest BCUT2D eigenvalue weighted by Crippen LogP contribution is 2.36. The number of aromatic carboxylic acids is 1. The van der Waals surface area contributed by atoms with E-state index in [-0.39, 0.29) is 5.56 Å². The lowest BCUT2D eigenvalue weighted by atomic mass is 10.1. The minimum absolute atomic E-state index is 0.0301. The molecule has 0 bridgehead atoms. The van der Waals surface area contributed by atoms with Gasteiger partial charge in [-0.3, -0.25) is 0 Å². The average Bonchev–Trinajstić information content (AvgIpc) is 3.37. The average molecular weight is 484 g/mol. The van der Waals surface area contributed by atoms with Crippen molar-refractivity contribution in [3.05, 3.63) is 41.3 Å². The van der Waals surface area contributed by atoms with Crippen molar-refractivity contribution in [3.63, 3.8) is 0 Å². The second kappa shape index (κ2) is 7.98. The third-order valence-electron chi connectivity index (χ3n) is 4.72. The van der Waals surface area contributed by atoms with Crippen molar-refractivity contribution in [1.29, 1.82) is 0 Å². The van der Waals surface area contributed by atoms with Gasteiger partial charge in [-0.05, 0) is 71.2 Å². The number of hydrogen-bond donors (Lipinski definition) is 1. The van der Waals surface area contributed by atoms with Crippen molar-refractivity contribution < 1.29 is 29.0 Å². The van der Waals surface area contributed by atoms with Gasteiger partial charge >= 0.3 is 18.2 Å². The number of nitrogens with zero attached hydrogens (tertiary/aromatic N) is 3. The van der Waals surface area contributed by atoms with Gasteiger partial charge in [-0.1, -0.05) is 6.07 Å². The lowest BCUT2D eigenvalue weighted by Crippen LogP contribution is -2.28. The Hall–Kier alpha value is -3.66. The molecule has 9 nitrogen and oxygen atoms in total. The van der Waals surface area contributed by atoms with Crippen molar-refractivity contribution in [3.8, 4) is 11.4 Å². The molecule has 3 heterocycles. The largest absolute Gasteiger partial charge is 0.478 e. The standard InChI is InChI=1S/C24H25N3O6S/c1-23(2,3)32-21(30)26-16-12-14(20(28)29)8-7-13(16)11-17(26)18-19-15(9-10-34-19)27(25-18)22(31)33-24(4,5)6/h7-12H,1-6H3,(H,28,29). The normalized spacial score (nSPS) is 12.3. The highest BCUT2D eigenvalue weighted by atomic mass is 32.1. The van der Waals surface area contributed by atoms with Crippen LogP contribution in [0.4, 0.5) is 9.59 Å². The Kier molecular flexibility index (Phi) is 5.52. The molecule has 0 saturated heterocycles. The minimum Gasteiger partial charge on any atom is -0.478 e. The molecule has 0 radical (unpaired) electrons. The molecule has 0 aliphatic heterocycles. The molecule has 3 aromatic heterocycles. The monoisotopic (exact) mass is 483 g/mol. The van der Waals surface area contributed by atoms with Gasteiger partial charge in [0.2, 0.25) is 0 Å². The Labute approximate surface area is 199 Å². The topological polar surface area (TPSA) is 113 Å². The van der Waals surface area contributed by atoms with Gasteiger partial charge < -0.3 is 14.6 Å². The first-order valence-corrected chi connectivity index (χ1v) is 11.5. The third-order valence-corrected chi connectivity index (χ3v) is 5.63. The van der Waals surface area contributed by atoms with Crippen LogP contribution in [0, 0.1) is 0 Å². The molecular formula is C24H25N3O6S. The summed E-state index contributed by atoms with van der Waals surface area (Å²) in [5.41, 5.74) is 0.189. The Morgan fingerprint density at radius 1 is 0.912 bits per heavy atom. The quantitative estimate of drug-likeness (QED) is 0.373. The summed E-state index contributed by atoms with van der Waals surface area (Å²) < 4.78 is 14.3. The highest BCUT2D eigenvalue weighted by Gasteiger charge is 2.28. The molecule has 0 unspecified atom stereocenters. The molecule has 4 rings (SSSR count). The summed E-state index contributed by atoms with van der Waals surface area (Å²) in [6.45, 7) is 10.5. The van der Waals surface area contributed by atoms with Crippen molar-refractivity contribution in [1.82, 2.24) is 14.3 Å². The summed E-state index contributed by atoms with van der Waals surface area (Å²) >= 11 is 1.37. The maximum atomic E-state index is 13.3. The van der Waals surface area contributed by atoms with Crippen molar-refractivity contribution in [2.75, 3.05) is 0 Å². The molecule has 0 atom stereocenters. The maximum Gasteiger partial charge on any atom is 0.435 e. The summed E-state index contributed by atoms with van der Waals surface area (Å²) in [6.07, 6.45) is -1.33. The highest BCUT2D eigenvalue weighted by molar-refractivity contribution is 7.17. The molecule has 1 N–H and O–H groups in total. The van der Waals surface area contributed by atoms with E-state index >= 15 is 0 Å².